The van der Waals surface area contributed by atoms with Gasteiger partial charge in [-0.15, -0.1) is 15.2 Å². The summed E-state index contributed by atoms with van der Waals surface area (Å²) in [7, 11) is -3.87. The molecule has 3 aliphatic heterocycles. The van der Waals surface area contributed by atoms with E-state index >= 15 is 0 Å². The molecule has 6 amide bonds. The van der Waals surface area contributed by atoms with E-state index in [0.29, 0.717) is 21.3 Å². The molecule has 3 aliphatic rings. The Bertz CT molecular complexity index is 1870. The average molecular weight is 667 g/mol. The Morgan fingerprint density at radius 1 is 0.587 bits per heavy atom. The molecule has 0 bridgehead atoms. The first kappa shape index (κ1) is 31.5. The van der Waals surface area contributed by atoms with Crippen molar-refractivity contribution in [3.63, 3.8) is 0 Å². The van der Waals surface area contributed by atoms with Gasteiger partial charge in [-0.25, -0.2) is 0 Å². The molecule has 17 heteroatoms. The second-order valence-corrected chi connectivity index (χ2v) is 13.3. The molecule has 15 nitrogen and oxygen atoms in total. The van der Waals surface area contributed by atoms with E-state index in [1.54, 1.807) is 25.1 Å². The van der Waals surface area contributed by atoms with Crippen molar-refractivity contribution in [1.29, 1.82) is 0 Å². The first-order valence-corrected chi connectivity index (χ1v) is 16.4. The quantitative estimate of drug-likeness (QED) is 0.203. The molecule has 46 heavy (non-hydrogen) atoms. The molecule has 0 radical (unpaired) electrons. The fraction of sp³-hybridized carbons (Fsp3) is 0.172. The first-order chi connectivity index (χ1) is 22.0. The van der Waals surface area contributed by atoms with Crippen LogP contribution in [0.25, 0.3) is 11.1 Å². The number of rotatable bonds is 11. The van der Waals surface area contributed by atoms with Crippen LogP contribution in [0, 0.1) is 0 Å². The molecule has 236 valence electrons. The number of benzene rings is 3. The van der Waals surface area contributed by atoms with Crippen molar-refractivity contribution in [2.45, 2.75) is 13.3 Å². The van der Waals surface area contributed by atoms with Crippen molar-refractivity contribution in [2.75, 3.05) is 20.4 Å². The van der Waals surface area contributed by atoms with Crippen molar-refractivity contribution < 1.29 is 56.3 Å². The Kier molecular flexibility index (Phi) is 8.25. The van der Waals surface area contributed by atoms with Crippen LogP contribution in [0.3, 0.4) is 0 Å². The third kappa shape index (κ3) is 5.17. The zero-order valence-corrected chi connectivity index (χ0v) is 26.1. The highest BCUT2D eigenvalue weighted by atomic mass is 31.2. The van der Waals surface area contributed by atoms with Crippen LogP contribution in [-0.4, -0.2) is 71.0 Å². The van der Waals surface area contributed by atoms with Gasteiger partial charge in [-0.05, 0) is 53.9 Å². The van der Waals surface area contributed by atoms with E-state index in [9.17, 15) is 33.3 Å². The number of hydroxylamine groups is 6. The Balaban J connectivity index is 1.24. The van der Waals surface area contributed by atoms with Crippen LogP contribution in [0.4, 0.5) is 0 Å². The lowest BCUT2D eigenvalue weighted by molar-refractivity contribution is -0.0589. The van der Waals surface area contributed by atoms with E-state index in [0.717, 1.165) is 0 Å². The van der Waals surface area contributed by atoms with Gasteiger partial charge in [0.05, 0.1) is 39.5 Å². The fourth-order valence-corrected chi connectivity index (χ4v) is 7.11. The van der Waals surface area contributed by atoms with Crippen LogP contribution in [0.2, 0.25) is 0 Å². The minimum atomic E-state index is -4.47. The van der Waals surface area contributed by atoms with Crippen molar-refractivity contribution in [3.8, 4) is 11.1 Å². The summed E-state index contributed by atoms with van der Waals surface area (Å²) >= 11 is 0. The highest BCUT2D eigenvalue weighted by Crippen LogP contribution is 2.53. The standard InChI is InChI=1S/C29H23N3O12P2/c1-4-13-46(39,43-31-25(34)18-7-5-6-8-19(18)26(31)35)44-32-27(36)21-12-10-17(15-23(21)29(32)38)16-9-11-20-22(14-16)28(37)30(24(20)33)42-45(40-2)41-3/h5-12,14-15H,4,13H2,1-3H3. The van der Waals surface area contributed by atoms with E-state index < -0.39 is 51.6 Å². The largest absolute Gasteiger partial charge is 0.374 e. The first-order valence-electron chi connectivity index (χ1n) is 13.6. The average Bonchev–Trinajstić information content (AvgIpc) is 3.54. The van der Waals surface area contributed by atoms with Crippen molar-refractivity contribution in [3.05, 3.63) is 94.0 Å². The number of hydrogen-bond acceptors (Lipinski definition) is 12. The van der Waals surface area contributed by atoms with Gasteiger partial charge in [0.1, 0.15) is 0 Å². The number of imide groups is 3. The minimum absolute atomic E-state index is 0.0309. The highest BCUT2D eigenvalue weighted by molar-refractivity contribution is 7.53. The molecule has 3 heterocycles. The maximum absolute atomic E-state index is 13.8. The maximum atomic E-state index is 13.8. The molecule has 0 fully saturated rings. The van der Waals surface area contributed by atoms with Gasteiger partial charge in [0.25, 0.3) is 35.4 Å². The van der Waals surface area contributed by atoms with Gasteiger partial charge < -0.3 is 9.05 Å². The molecular formula is C29H23N3O12P2. The summed E-state index contributed by atoms with van der Waals surface area (Å²) < 4.78 is 39.7. The SMILES string of the molecule is CCCP(=O)(ON1C(=O)c2ccccc2C1=O)ON1C(=O)c2ccc(-c3ccc4c(c3)C(=O)N(OP(OC)OC)C4=O)cc2C1=O. The molecule has 6 rings (SSSR count). The molecular weight excluding hydrogens is 644 g/mol. The van der Waals surface area contributed by atoms with Gasteiger partial charge in [0, 0.05) is 14.2 Å². The molecule has 3 aromatic rings. The van der Waals surface area contributed by atoms with Crippen LogP contribution in [0.1, 0.15) is 75.5 Å². The van der Waals surface area contributed by atoms with Crippen molar-refractivity contribution in [2.24, 2.45) is 0 Å². The van der Waals surface area contributed by atoms with E-state index in [1.165, 1.54) is 56.7 Å². The van der Waals surface area contributed by atoms with Gasteiger partial charge in [-0.3, -0.25) is 33.3 Å². The third-order valence-electron chi connectivity index (χ3n) is 7.14. The molecule has 0 saturated heterocycles. The van der Waals surface area contributed by atoms with Gasteiger partial charge >= 0.3 is 16.2 Å². The summed E-state index contributed by atoms with van der Waals surface area (Å²) in [5, 5.41) is 1.15. The number of hydrogen-bond donors (Lipinski definition) is 0. The normalized spacial score (nSPS) is 16.9. The van der Waals surface area contributed by atoms with E-state index in [1.807, 2.05) is 0 Å². The number of carbonyl (C=O) groups is 6. The highest BCUT2D eigenvalue weighted by Gasteiger charge is 2.47. The Morgan fingerprint density at radius 3 is 1.41 bits per heavy atom. The fourth-order valence-electron chi connectivity index (χ4n) is 5.01. The van der Waals surface area contributed by atoms with Gasteiger partial charge in [0.2, 0.25) is 0 Å². The van der Waals surface area contributed by atoms with E-state index in [2.05, 4.69) is 0 Å². The lowest BCUT2D eigenvalue weighted by Gasteiger charge is -2.24. The molecule has 1 unspecified atom stereocenters. The van der Waals surface area contributed by atoms with Gasteiger partial charge in [-0.2, -0.15) is 13.9 Å². The molecule has 3 aromatic carbocycles. The van der Waals surface area contributed by atoms with Crippen molar-refractivity contribution >= 4 is 51.6 Å². The molecule has 1 atom stereocenters. The molecule has 0 N–H and O–H groups in total. The van der Waals surface area contributed by atoms with Gasteiger partial charge in [-0.1, -0.05) is 31.2 Å². The van der Waals surface area contributed by atoms with Crippen LogP contribution in [0.15, 0.2) is 60.7 Å². The number of fused-ring (bicyclic) bond motifs is 3. The molecule has 0 aliphatic carbocycles. The number of carbonyl (C=O) groups excluding carboxylic acids is 6. The maximum Gasteiger partial charge on any atom is 0.374 e. The summed E-state index contributed by atoms with van der Waals surface area (Å²) in [5.74, 6) is -5.10. The van der Waals surface area contributed by atoms with Crippen LogP contribution in [0.5, 0.6) is 0 Å². The third-order valence-corrected chi connectivity index (χ3v) is 9.86. The summed E-state index contributed by atoms with van der Waals surface area (Å²) in [6, 6.07) is 14.6. The van der Waals surface area contributed by atoms with Crippen LogP contribution in [-0.2, 0) is 27.5 Å². The summed E-state index contributed by atoms with van der Waals surface area (Å²) in [5.41, 5.74) is 0.834. The van der Waals surface area contributed by atoms with Crippen LogP contribution >= 0.6 is 16.2 Å². The summed E-state index contributed by atoms with van der Waals surface area (Å²) in [4.78, 5) is 78.0. The topological polar surface area (TPSA) is 175 Å². The van der Waals surface area contributed by atoms with Crippen molar-refractivity contribution in [1.82, 2.24) is 15.2 Å². The summed E-state index contributed by atoms with van der Waals surface area (Å²) in [6.45, 7) is 1.63. The molecule has 0 spiro atoms. The number of amides is 6. The zero-order chi connectivity index (χ0) is 32.9. The molecule has 0 saturated carbocycles. The number of nitrogens with zero attached hydrogens (tertiary/aromatic N) is 3. The Hall–Kier alpha value is -4.46. The lowest BCUT2D eigenvalue weighted by Crippen LogP contribution is -2.34. The smallest absolute Gasteiger partial charge is 0.314 e. The van der Waals surface area contributed by atoms with Crippen LogP contribution < -0.4 is 0 Å². The minimum Gasteiger partial charge on any atom is -0.314 e. The second kappa shape index (κ2) is 12.0. The molecule has 0 aromatic heterocycles. The predicted octanol–water partition coefficient (Wildman–Crippen LogP) is 4.76. The predicted molar refractivity (Wildman–Crippen MR) is 157 cm³/mol. The second-order valence-electron chi connectivity index (χ2n) is 9.95. The lowest BCUT2D eigenvalue weighted by atomic mass is 9.97. The van der Waals surface area contributed by atoms with Gasteiger partial charge in [0.15, 0.2) is 0 Å². The van der Waals surface area contributed by atoms with E-state index in [4.69, 9.17) is 22.9 Å². The monoisotopic (exact) mass is 667 g/mol. The van der Waals surface area contributed by atoms with E-state index in [-0.39, 0.29) is 51.0 Å². The summed E-state index contributed by atoms with van der Waals surface area (Å²) in [6.07, 6.45) is -0.146. The Labute approximate surface area is 261 Å². The Morgan fingerprint density at radius 2 is 0.978 bits per heavy atom. The zero-order valence-electron chi connectivity index (χ0n) is 24.3.